The molecule has 0 aromatic carbocycles. The van der Waals surface area contributed by atoms with E-state index in [1.807, 2.05) is 0 Å². The summed E-state index contributed by atoms with van der Waals surface area (Å²) in [5, 5.41) is 0. The summed E-state index contributed by atoms with van der Waals surface area (Å²) in [5.74, 6) is 0. The molecule has 0 radical (unpaired) electrons. The molecule has 0 saturated carbocycles. The Hall–Kier alpha value is 0.757. The maximum absolute atomic E-state index is 9.50. The van der Waals surface area contributed by atoms with Gasteiger partial charge in [0.25, 0.3) is 0 Å². The smallest absolute Gasteiger partial charge is 0.255 e. The second-order valence-electron chi connectivity index (χ2n) is 1.11. The monoisotopic (exact) mass is 208 g/mol. The van der Waals surface area contributed by atoms with Crippen LogP contribution >= 0.6 is 33.2 Å². The van der Waals surface area contributed by atoms with Crippen molar-refractivity contribution in [2.45, 2.75) is 6.04 Å². The zero-order valence-corrected chi connectivity index (χ0v) is 8.27. The fraction of sp³-hybridized carbons (Fsp3) is 0.500. The third-order valence-electron chi connectivity index (χ3n) is 0.376. The van der Waals surface area contributed by atoms with Crippen LogP contribution in [-0.2, 0) is 0 Å². The number of halogens is 4. The van der Waals surface area contributed by atoms with Gasteiger partial charge in [-0.1, -0.05) is 6.08 Å². The highest BCUT2D eigenvalue weighted by molar-refractivity contribution is 7.64. The van der Waals surface area contributed by atoms with E-state index in [-0.39, 0.29) is 0 Å². The molecule has 0 aromatic heterocycles. The zero-order chi connectivity index (χ0) is 7.91. The first kappa shape index (κ1) is 12.4. The van der Waals surface area contributed by atoms with Crippen molar-refractivity contribution >= 4 is 39.2 Å². The van der Waals surface area contributed by atoms with Gasteiger partial charge >= 0.3 is 6.00 Å². The van der Waals surface area contributed by atoms with Crippen LogP contribution in [0.5, 0.6) is 0 Å². The van der Waals surface area contributed by atoms with Crippen LogP contribution in [0.2, 0.25) is 6.04 Å². The van der Waals surface area contributed by atoms with Crippen LogP contribution in [0.4, 0.5) is 4.39 Å². The summed E-state index contributed by atoms with van der Waals surface area (Å²) in [6.07, 6.45) is 1.62. The van der Waals surface area contributed by atoms with Crippen LogP contribution in [0.1, 0.15) is 0 Å². The van der Waals surface area contributed by atoms with Gasteiger partial charge in [-0.15, -0.1) is 39.8 Å². The van der Waals surface area contributed by atoms with Crippen molar-refractivity contribution in [3.8, 4) is 0 Å². The average Bonchev–Trinajstić information content (AvgIpc) is 1.69. The van der Waals surface area contributed by atoms with Crippen molar-refractivity contribution in [3.63, 3.8) is 0 Å². The van der Waals surface area contributed by atoms with E-state index in [1.165, 1.54) is 0 Å². The van der Waals surface area contributed by atoms with E-state index in [1.54, 1.807) is 6.08 Å². The summed E-state index contributed by atoms with van der Waals surface area (Å²) in [4.78, 5) is 0. The summed E-state index contributed by atoms with van der Waals surface area (Å²) in [6.45, 7) is 3.43. The molecule has 0 fully saturated rings. The van der Waals surface area contributed by atoms with Crippen LogP contribution in [0, 0.1) is 0 Å². The van der Waals surface area contributed by atoms with Crippen LogP contribution in [0.15, 0.2) is 12.7 Å². The normalized spacial score (nSPS) is 9.44. The highest BCUT2D eigenvalue weighted by Crippen LogP contribution is 2.24. The van der Waals surface area contributed by atoms with E-state index in [0.717, 1.165) is 0 Å². The SMILES string of the molecule is C=CC[Si](Cl)(Cl)Cl.CF. The van der Waals surface area contributed by atoms with Gasteiger partial charge in [-0.25, -0.2) is 0 Å². The van der Waals surface area contributed by atoms with Gasteiger partial charge in [0.2, 0.25) is 0 Å². The van der Waals surface area contributed by atoms with Crippen LogP contribution in [-0.4, -0.2) is 13.2 Å². The van der Waals surface area contributed by atoms with Crippen molar-refractivity contribution in [1.29, 1.82) is 0 Å². The molecule has 0 N–H and O–H groups in total. The first-order valence-corrected chi connectivity index (χ1v) is 7.36. The Bertz CT molecular complexity index is 70.7. The molecule has 0 rings (SSSR count). The fourth-order valence-electron chi connectivity index (χ4n) is 0.164. The molecule has 0 aromatic rings. The van der Waals surface area contributed by atoms with Crippen molar-refractivity contribution in [2.75, 3.05) is 7.18 Å². The Morgan fingerprint density at radius 1 is 1.44 bits per heavy atom. The quantitative estimate of drug-likeness (QED) is 0.371. The molecule has 0 heterocycles. The summed E-state index contributed by atoms with van der Waals surface area (Å²) < 4.78 is 9.50. The standard InChI is InChI=1S/C3H5Cl3Si.CH3F/c1-2-3-7(4,5)6;1-2/h2H,1,3H2;1H3. The van der Waals surface area contributed by atoms with Gasteiger partial charge in [-0.3, -0.25) is 4.39 Å². The summed E-state index contributed by atoms with van der Waals surface area (Å²) >= 11 is 16.3. The highest BCUT2D eigenvalue weighted by Gasteiger charge is 2.21. The average molecular weight is 210 g/mol. The molecule has 0 aliphatic rings. The third-order valence-corrected chi connectivity index (χ3v) is 2.52. The molecule has 0 atom stereocenters. The molecule has 0 aliphatic heterocycles. The van der Waals surface area contributed by atoms with Gasteiger partial charge in [0.1, 0.15) is 0 Å². The van der Waals surface area contributed by atoms with E-state index < -0.39 is 6.00 Å². The van der Waals surface area contributed by atoms with Gasteiger partial charge in [0.05, 0.1) is 7.18 Å². The number of rotatable bonds is 2. The molecular weight excluding hydrogens is 201 g/mol. The third kappa shape index (κ3) is 17.7. The number of allylic oxidation sites excluding steroid dienone is 1. The minimum Gasteiger partial charge on any atom is -0.255 e. The lowest BCUT2D eigenvalue weighted by Crippen LogP contribution is -2.05. The molecule has 0 aliphatic carbocycles. The van der Waals surface area contributed by atoms with Crippen molar-refractivity contribution < 1.29 is 4.39 Å². The van der Waals surface area contributed by atoms with Crippen molar-refractivity contribution in [2.24, 2.45) is 0 Å². The fourth-order valence-corrected chi connectivity index (χ4v) is 1.47. The lowest BCUT2D eigenvalue weighted by atomic mass is 10.8. The maximum atomic E-state index is 9.50. The van der Waals surface area contributed by atoms with E-state index in [0.29, 0.717) is 13.2 Å². The lowest BCUT2D eigenvalue weighted by Gasteiger charge is -1.99. The van der Waals surface area contributed by atoms with E-state index in [4.69, 9.17) is 33.2 Å². The largest absolute Gasteiger partial charge is 0.344 e. The molecule has 56 valence electrons. The first-order valence-electron chi connectivity index (χ1n) is 2.11. The van der Waals surface area contributed by atoms with Gasteiger partial charge < -0.3 is 0 Å². The molecule has 0 saturated heterocycles. The maximum Gasteiger partial charge on any atom is 0.344 e. The number of hydrogen-bond donors (Lipinski definition) is 0. The molecule has 9 heavy (non-hydrogen) atoms. The first-order chi connectivity index (χ1) is 4.06. The second kappa shape index (κ2) is 6.87. The van der Waals surface area contributed by atoms with E-state index in [9.17, 15) is 4.39 Å². The molecule has 0 bridgehead atoms. The Kier molecular flexibility index (Phi) is 9.49. The van der Waals surface area contributed by atoms with Crippen LogP contribution in [0.25, 0.3) is 0 Å². The minimum absolute atomic E-state index is 0.500. The molecule has 0 amide bonds. The predicted molar refractivity (Wildman–Crippen MR) is 45.3 cm³/mol. The number of hydrogen-bond acceptors (Lipinski definition) is 0. The van der Waals surface area contributed by atoms with E-state index in [2.05, 4.69) is 6.58 Å². The molecular formula is C4H8Cl3FSi. The van der Waals surface area contributed by atoms with Crippen LogP contribution in [0.3, 0.4) is 0 Å². The molecule has 0 spiro atoms. The highest BCUT2D eigenvalue weighted by atomic mass is 35.8. The minimum atomic E-state index is -2.36. The predicted octanol–water partition coefficient (Wildman–Crippen LogP) is 3.41. The van der Waals surface area contributed by atoms with E-state index >= 15 is 0 Å². The van der Waals surface area contributed by atoms with Crippen LogP contribution < -0.4 is 0 Å². The Morgan fingerprint density at radius 3 is 1.78 bits per heavy atom. The van der Waals surface area contributed by atoms with Gasteiger partial charge in [0.15, 0.2) is 0 Å². The summed E-state index contributed by atoms with van der Waals surface area (Å²) in [5.41, 5.74) is 0. The topological polar surface area (TPSA) is 0 Å². The summed E-state index contributed by atoms with van der Waals surface area (Å²) in [7, 11) is 0.500. The second-order valence-corrected chi connectivity index (χ2v) is 10.3. The molecule has 5 heteroatoms. The van der Waals surface area contributed by atoms with Gasteiger partial charge in [-0.05, 0) is 0 Å². The lowest BCUT2D eigenvalue weighted by molar-refractivity contribution is 0.636. The Balaban J connectivity index is 0. The van der Waals surface area contributed by atoms with Crippen molar-refractivity contribution in [3.05, 3.63) is 12.7 Å². The zero-order valence-electron chi connectivity index (χ0n) is 5.00. The molecule has 0 nitrogen and oxygen atoms in total. The van der Waals surface area contributed by atoms with Gasteiger partial charge in [-0.2, -0.15) is 0 Å². The molecule has 0 unspecified atom stereocenters. The van der Waals surface area contributed by atoms with Gasteiger partial charge in [0, 0.05) is 6.04 Å². The Morgan fingerprint density at radius 2 is 1.78 bits per heavy atom. The summed E-state index contributed by atoms with van der Waals surface area (Å²) in [6, 6.07) is -1.82. The Labute approximate surface area is 69.7 Å². The van der Waals surface area contributed by atoms with Crippen molar-refractivity contribution in [1.82, 2.24) is 0 Å². The number of alkyl halides is 1.